The summed E-state index contributed by atoms with van der Waals surface area (Å²) in [5, 5.41) is 2.66. The van der Waals surface area contributed by atoms with Gasteiger partial charge in [0.15, 0.2) is 0 Å². The van der Waals surface area contributed by atoms with Gasteiger partial charge < -0.3 is 14.8 Å². The van der Waals surface area contributed by atoms with Crippen LogP contribution < -0.4 is 14.4 Å². The fourth-order valence-electron chi connectivity index (χ4n) is 2.68. The molecule has 0 fully saturated rings. The minimum Gasteiger partial charge on any atom is -0.491 e. The number of carbonyl (C=O) groups excluding carboxylic acids is 2. The lowest BCUT2D eigenvalue weighted by Crippen LogP contribution is -2.37. The molecule has 0 aromatic heterocycles. The number of amides is 1. The van der Waals surface area contributed by atoms with E-state index < -0.39 is 28.4 Å². The fraction of sp³-hybridized carbons (Fsp3) is 0.333. The summed E-state index contributed by atoms with van der Waals surface area (Å²) in [6, 6.07) is 11.2. The van der Waals surface area contributed by atoms with E-state index >= 15 is 0 Å². The first-order chi connectivity index (χ1) is 14.0. The number of hydrogen-bond donors (Lipinski definition) is 1. The van der Waals surface area contributed by atoms with Crippen LogP contribution in [0, 0.1) is 6.92 Å². The van der Waals surface area contributed by atoms with E-state index in [1.807, 2.05) is 13.8 Å². The Hall–Kier alpha value is -3.07. The summed E-state index contributed by atoms with van der Waals surface area (Å²) in [4.78, 5) is 24.3. The molecule has 0 heterocycles. The number of sulfonamides is 1. The summed E-state index contributed by atoms with van der Waals surface area (Å²) in [6.07, 6.45) is 1.01. The zero-order valence-electron chi connectivity index (χ0n) is 17.6. The van der Waals surface area contributed by atoms with Crippen molar-refractivity contribution in [1.82, 2.24) is 0 Å². The van der Waals surface area contributed by atoms with Crippen molar-refractivity contribution in [3.8, 4) is 5.75 Å². The number of esters is 1. The maximum Gasteiger partial charge on any atom is 0.337 e. The van der Waals surface area contributed by atoms with Gasteiger partial charge in [-0.2, -0.15) is 0 Å². The number of hydrogen-bond acceptors (Lipinski definition) is 6. The summed E-state index contributed by atoms with van der Waals surface area (Å²) in [6.45, 7) is 5.11. The van der Waals surface area contributed by atoms with Crippen molar-refractivity contribution >= 4 is 33.3 Å². The van der Waals surface area contributed by atoms with E-state index in [-0.39, 0.29) is 11.7 Å². The van der Waals surface area contributed by atoms with Gasteiger partial charge in [0.05, 0.1) is 30.7 Å². The number of rotatable bonds is 8. The van der Waals surface area contributed by atoms with Crippen molar-refractivity contribution in [1.29, 1.82) is 0 Å². The van der Waals surface area contributed by atoms with Crippen molar-refractivity contribution in [3.05, 3.63) is 53.6 Å². The number of aryl methyl sites for hydroxylation is 1. The molecule has 9 heteroatoms. The molecule has 0 saturated heterocycles. The summed E-state index contributed by atoms with van der Waals surface area (Å²) >= 11 is 0. The Labute approximate surface area is 176 Å². The van der Waals surface area contributed by atoms with E-state index in [1.54, 1.807) is 43.3 Å². The Kier molecular flexibility index (Phi) is 7.44. The van der Waals surface area contributed by atoms with Crippen molar-refractivity contribution in [2.75, 3.05) is 29.5 Å². The Bertz CT molecular complexity index is 1020. The maximum atomic E-state index is 12.6. The highest BCUT2D eigenvalue weighted by Gasteiger charge is 2.21. The first-order valence-corrected chi connectivity index (χ1v) is 11.1. The Morgan fingerprint density at radius 3 is 2.27 bits per heavy atom. The molecule has 0 aliphatic heterocycles. The zero-order chi connectivity index (χ0) is 22.5. The topological polar surface area (TPSA) is 102 Å². The molecule has 30 heavy (non-hydrogen) atoms. The van der Waals surface area contributed by atoms with Crippen molar-refractivity contribution < 1.29 is 27.5 Å². The van der Waals surface area contributed by atoms with E-state index in [0.717, 1.165) is 16.1 Å². The number of carbonyl (C=O) groups is 2. The Morgan fingerprint density at radius 2 is 1.73 bits per heavy atom. The van der Waals surface area contributed by atoms with Crippen molar-refractivity contribution in [2.24, 2.45) is 0 Å². The number of ether oxygens (including phenoxy) is 2. The average molecular weight is 435 g/mol. The largest absolute Gasteiger partial charge is 0.491 e. The van der Waals surface area contributed by atoms with Gasteiger partial charge in [-0.3, -0.25) is 9.10 Å². The van der Waals surface area contributed by atoms with Gasteiger partial charge in [0.25, 0.3) is 0 Å². The molecule has 0 atom stereocenters. The van der Waals surface area contributed by atoms with Gasteiger partial charge in [0, 0.05) is 5.69 Å². The zero-order valence-corrected chi connectivity index (χ0v) is 18.4. The van der Waals surface area contributed by atoms with Crippen LogP contribution in [-0.4, -0.2) is 46.3 Å². The third-order valence-electron chi connectivity index (χ3n) is 4.12. The molecule has 0 spiro atoms. The van der Waals surface area contributed by atoms with E-state index in [1.165, 1.54) is 13.2 Å². The van der Waals surface area contributed by atoms with Crippen LogP contribution in [0.25, 0.3) is 0 Å². The highest BCUT2D eigenvalue weighted by atomic mass is 32.2. The number of benzene rings is 2. The predicted octanol–water partition coefficient (Wildman–Crippen LogP) is 2.97. The molecule has 0 radical (unpaired) electrons. The molecular weight excluding hydrogens is 408 g/mol. The highest BCUT2D eigenvalue weighted by Crippen LogP contribution is 2.23. The van der Waals surface area contributed by atoms with Crippen LogP contribution >= 0.6 is 0 Å². The van der Waals surface area contributed by atoms with E-state index in [4.69, 9.17) is 4.74 Å². The summed E-state index contributed by atoms with van der Waals surface area (Å²) in [5.74, 6) is -0.484. The number of nitrogens with zero attached hydrogens (tertiary/aromatic N) is 1. The Balaban J connectivity index is 2.22. The second-order valence-electron chi connectivity index (χ2n) is 7.00. The lowest BCUT2D eigenvalue weighted by Gasteiger charge is -2.22. The molecule has 0 aliphatic rings. The number of methoxy groups -OCH3 is 1. The number of nitrogens with one attached hydrogen (secondary N) is 1. The summed E-state index contributed by atoms with van der Waals surface area (Å²) < 4.78 is 35.8. The molecule has 1 N–H and O–H groups in total. The molecule has 2 aromatic rings. The molecule has 162 valence electrons. The van der Waals surface area contributed by atoms with Crippen molar-refractivity contribution in [3.63, 3.8) is 0 Å². The lowest BCUT2D eigenvalue weighted by atomic mass is 10.1. The number of anilines is 2. The van der Waals surface area contributed by atoms with Crippen LogP contribution in [0.3, 0.4) is 0 Å². The molecular formula is C21H26N2O6S. The van der Waals surface area contributed by atoms with Gasteiger partial charge in [-0.05, 0) is 62.7 Å². The van der Waals surface area contributed by atoms with Gasteiger partial charge in [0.2, 0.25) is 15.9 Å². The monoisotopic (exact) mass is 434 g/mol. The SMILES string of the molecule is COC(=O)c1ccc(C)c(NC(=O)CN(c2ccc(OC(C)C)cc2)S(C)(=O)=O)c1. The minimum atomic E-state index is -3.72. The predicted molar refractivity (Wildman–Crippen MR) is 116 cm³/mol. The second kappa shape index (κ2) is 9.62. The fourth-order valence-corrected chi connectivity index (χ4v) is 3.54. The van der Waals surface area contributed by atoms with Gasteiger partial charge >= 0.3 is 5.97 Å². The highest BCUT2D eigenvalue weighted by molar-refractivity contribution is 7.92. The molecule has 1 amide bonds. The maximum absolute atomic E-state index is 12.6. The van der Waals surface area contributed by atoms with Crippen molar-refractivity contribution in [2.45, 2.75) is 26.9 Å². The van der Waals surface area contributed by atoms with Crippen LogP contribution in [0.5, 0.6) is 5.75 Å². The molecule has 2 aromatic carbocycles. The smallest absolute Gasteiger partial charge is 0.337 e. The standard InChI is InChI=1S/C21H26N2O6S/c1-14(2)29-18-10-8-17(9-11-18)23(30(5,26)27)13-20(24)22-19-12-16(21(25)28-4)7-6-15(19)3/h6-12,14H,13H2,1-5H3,(H,22,24). The molecule has 8 nitrogen and oxygen atoms in total. The van der Waals surface area contributed by atoms with Crippen LogP contribution in [0.4, 0.5) is 11.4 Å². The average Bonchev–Trinajstić information content (AvgIpc) is 2.66. The van der Waals surface area contributed by atoms with Crippen LogP contribution in [0.1, 0.15) is 29.8 Å². The molecule has 2 rings (SSSR count). The summed E-state index contributed by atoms with van der Waals surface area (Å²) in [7, 11) is -2.45. The third-order valence-corrected chi connectivity index (χ3v) is 5.26. The lowest BCUT2D eigenvalue weighted by molar-refractivity contribution is -0.114. The van der Waals surface area contributed by atoms with Gasteiger partial charge in [-0.15, -0.1) is 0 Å². The molecule has 0 bridgehead atoms. The van der Waals surface area contributed by atoms with Crippen LogP contribution in [0.15, 0.2) is 42.5 Å². The van der Waals surface area contributed by atoms with E-state index in [2.05, 4.69) is 10.1 Å². The normalized spacial score (nSPS) is 11.1. The second-order valence-corrected chi connectivity index (χ2v) is 8.91. The van der Waals surface area contributed by atoms with E-state index in [9.17, 15) is 18.0 Å². The third kappa shape index (κ3) is 6.21. The van der Waals surface area contributed by atoms with E-state index in [0.29, 0.717) is 17.1 Å². The first kappa shape index (κ1) is 23.2. The Morgan fingerprint density at radius 1 is 1.10 bits per heavy atom. The van der Waals surface area contributed by atoms with Gasteiger partial charge in [0.1, 0.15) is 12.3 Å². The minimum absolute atomic E-state index is 0.0170. The molecule has 0 saturated carbocycles. The van der Waals surface area contributed by atoms with Crippen LogP contribution in [0.2, 0.25) is 0 Å². The first-order valence-electron chi connectivity index (χ1n) is 9.24. The molecule has 0 aliphatic carbocycles. The van der Waals surface area contributed by atoms with Gasteiger partial charge in [-0.25, -0.2) is 13.2 Å². The van der Waals surface area contributed by atoms with Gasteiger partial charge in [-0.1, -0.05) is 6.07 Å². The quantitative estimate of drug-likeness (QED) is 0.641. The molecule has 0 unspecified atom stereocenters. The summed E-state index contributed by atoms with van der Waals surface area (Å²) in [5.41, 5.74) is 1.73. The van der Waals surface area contributed by atoms with Crippen LogP contribution in [-0.2, 0) is 19.6 Å².